The summed E-state index contributed by atoms with van der Waals surface area (Å²) < 4.78 is 41.2. The van der Waals surface area contributed by atoms with Crippen LogP contribution in [-0.4, -0.2) is 168 Å². The second-order valence-electron chi connectivity index (χ2n) is 32.6. The van der Waals surface area contributed by atoms with Crippen LogP contribution in [0.3, 0.4) is 0 Å². The number of nitrogens with one attached hydrogen (secondary N) is 4. The standard InChI is InChI=1S/C27H30BN3O4S.C21H18IN3O2S.C19H19N5.C18H17N5.C6H12BO2.C3H3IN2.CH4.Na.H2O/c1-26(2)27(3,4)33-28(32-26)24-18-31(34-35-36-22-10-8-7-9-11-22)25-23(24)16-20(17-29-25)19-12-14-21(15-13-19)30(5)6;1-24(2)17-10-8-15(9-11-17)16-12-19-20(22)14-25(21(19)23-13-16)26-27-28-18-6-4-3-5-7-18;1-23(2)15-6-4-13(5-7-15)14-8-16-17(18-10-20-12-22-18)11-24(3)19(16)21-9-14;1-23(2)14-5-3-12(4-6-14)13-7-15-16(17-10-19-11-22-17)9-21-18(15)20-8-13;1-5(2)6(3,4)9-7-8-5;4-3-1-5-2-6-3;;;/h7-18H,1-6H3;3-14H,1-2H3;4-12H,1-3H3,(H,20,22);3-11H,1-2H3,(H,19,22)(H,20,21);1-4H3;1-2H,(H,5,6);1H4;;1H2/q;;;;;;;+1;/p-1. The molecule has 0 amide bonds. The molecule has 0 spiro atoms. The summed E-state index contributed by atoms with van der Waals surface area (Å²) in [5, 5.41) is 4.10. The van der Waals surface area contributed by atoms with Crippen LogP contribution >= 0.6 is 69.3 Å². The van der Waals surface area contributed by atoms with E-state index in [1.165, 1.54) is 29.5 Å². The smallest absolute Gasteiger partial charge is 0.870 e. The van der Waals surface area contributed by atoms with Crippen LogP contribution in [0.4, 0.5) is 22.7 Å². The van der Waals surface area contributed by atoms with Gasteiger partial charge < -0.3 is 68.2 Å². The number of aryl methyl sites for hydroxylation is 1. The van der Waals surface area contributed by atoms with Gasteiger partial charge in [-0.25, -0.2) is 44.9 Å². The Bertz CT molecular complexity index is 6380. The number of aromatic nitrogens is 14. The van der Waals surface area contributed by atoms with E-state index in [0.717, 1.165) is 152 Å². The number of rotatable bonds is 19. The van der Waals surface area contributed by atoms with Crippen molar-refractivity contribution < 1.29 is 72.3 Å². The van der Waals surface area contributed by atoms with Crippen LogP contribution in [0, 0.1) is 7.27 Å². The molecule has 6 aromatic carbocycles. The van der Waals surface area contributed by atoms with Gasteiger partial charge in [0, 0.05) is 197 Å². The number of halogens is 2. The average Bonchev–Trinajstić information content (AvgIpc) is 1.58. The van der Waals surface area contributed by atoms with Crippen molar-refractivity contribution in [2.75, 3.05) is 76.0 Å². The van der Waals surface area contributed by atoms with Crippen molar-refractivity contribution in [2.45, 2.75) is 95.0 Å². The minimum atomic E-state index is -0.572. The molecular weight excluding hydrogens is 1900 g/mol. The SMILES string of the molecule is C.CC1(C)O[B]OC1(C)C.CN(C)c1ccc(-c2cnc3[nH]cc(-c4cnc[nH]4)c3c2)cc1.CN(C)c1ccc(-c2cnc3c(c2)c(-c2cnc[nH]2)cn3C)cc1.CN(C)c1ccc(-c2cnc3c(c2)c(B2OC(C)(C)C(C)(C)O2)cn3OOSc2ccccc2)cc1.CN(C)c1ccc(-c2cnc3c(c2)c(I)cn3OOSc2ccccc2)cc1.Ic1cnc[nH]1.[Na+].[OH-]. The van der Waals surface area contributed by atoms with E-state index in [9.17, 15) is 0 Å². The summed E-state index contributed by atoms with van der Waals surface area (Å²) in [6.45, 7) is 16.2. The van der Waals surface area contributed by atoms with Crippen LogP contribution in [0.1, 0.15) is 62.8 Å². The maximum atomic E-state index is 6.36. The van der Waals surface area contributed by atoms with Crippen molar-refractivity contribution in [3.05, 3.63) is 276 Å². The van der Waals surface area contributed by atoms with Crippen LogP contribution in [0.2, 0.25) is 0 Å². The molecule has 2 saturated heterocycles. The van der Waals surface area contributed by atoms with E-state index < -0.39 is 18.3 Å². The minimum Gasteiger partial charge on any atom is -0.870 e. The number of nitrogens with zero attached hydrogens (tertiary/aromatic N) is 14. The molecule has 1 radical (unpaired) electrons. The van der Waals surface area contributed by atoms with Crippen molar-refractivity contribution >= 4 is 156 Å². The summed E-state index contributed by atoms with van der Waals surface area (Å²) in [6.07, 6.45) is 25.7. The quantitative estimate of drug-likeness (QED) is 0.0192. The topological polar surface area (TPSA) is 285 Å². The molecule has 17 aromatic rings. The molecule has 19 rings (SSSR count). The predicted octanol–water partition coefficient (Wildman–Crippen LogP) is 17.6. The molecule has 5 N–H and O–H groups in total. The first-order chi connectivity index (χ1) is 60.5. The number of H-pyrrole nitrogens is 4. The van der Waals surface area contributed by atoms with Crippen molar-refractivity contribution in [1.82, 2.24) is 68.9 Å². The van der Waals surface area contributed by atoms with E-state index in [1.807, 2.05) is 240 Å². The normalized spacial score (nSPS) is 13.5. The predicted molar refractivity (Wildman–Crippen MR) is 535 cm³/mol. The molecule has 2 aliphatic heterocycles. The molecule has 0 bridgehead atoms. The fraction of sp³-hybridized carbons (Fsp3) is 0.232. The van der Waals surface area contributed by atoms with Gasteiger partial charge in [-0.05, 0) is 220 Å². The van der Waals surface area contributed by atoms with Gasteiger partial charge in [0.15, 0.2) is 11.3 Å². The zero-order valence-corrected chi connectivity index (χ0v) is 82.6. The van der Waals surface area contributed by atoms with Crippen LogP contribution in [0.15, 0.2) is 279 Å². The average molecular weight is 2000 g/mol. The van der Waals surface area contributed by atoms with Crippen molar-refractivity contribution in [3.63, 3.8) is 0 Å². The molecule has 129 heavy (non-hydrogen) atoms. The third-order valence-corrected chi connectivity index (χ3v) is 24.7. The second kappa shape index (κ2) is 44.0. The van der Waals surface area contributed by atoms with Gasteiger partial charge in [0.05, 0.1) is 112 Å². The monoisotopic (exact) mass is 2000 g/mol. The Labute approximate surface area is 811 Å². The Morgan fingerprint density at radius 1 is 0.411 bits per heavy atom. The van der Waals surface area contributed by atoms with Crippen LogP contribution in [0.25, 0.3) is 111 Å². The summed E-state index contributed by atoms with van der Waals surface area (Å²) in [7, 11) is 19.2. The second-order valence-corrected chi connectivity index (χ2v) is 36.5. The molecule has 0 aliphatic carbocycles. The fourth-order valence-corrected chi connectivity index (χ4v) is 15.1. The first-order valence-corrected chi connectivity index (χ1v) is 44.1. The molecule has 661 valence electrons. The van der Waals surface area contributed by atoms with Crippen LogP contribution in [0.5, 0.6) is 0 Å². The van der Waals surface area contributed by atoms with Gasteiger partial charge in [-0.15, -0.1) is 9.46 Å². The molecule has 0 unspecified atom stereocenters. The van der Waals surface area contributed by atoms with Crippen molar-refractivity contribution in [3.8, 4) is 67.0 Å². The van der Waals surface area contributed by atoms with Crippen LogP contribution in [-0.2, 0) is 34.3 Å². The summed E-state index contributed by atoms with van der Waals surface area (Å²) in [6, 6.07) is 61.9. The minimum absolute atomic E-state index is 0. The molecule has 34 heteroatoms. The number of fused-ring (bicyclic) bond motifs is 4. The number of benzene rings is 6. The number of anilines is 4. The first kappa shape index (κ1) is 99.1. The maximum Gasteiger partial charge on any atom is 1.00 e. The van der Waals surface area contributed by atoms with Gasteiger partial charge in [0.25, 0.3) is 0 Å². The third-order valence-electron chi connectivity index (χ3n) is 22.1. The summed E-state index contributed by atoms with van der Waals surface area (Å²) in [5.74, 6) is 0. The largest absolute Gasteiger partial charge is 1.00 e. The van der Waals surface area contributed by atoms with Crippen molar-refractivity contribution in [1.29, 1.82) is 0 Å². The van der Waals surface area contributed by atoms with E-state index in [4.69, 9.17) is 42.2 Å². The Morgan fingerprint density at radius 2 is 0.791 bits per heavy atom. The summed E-state index contributed by atoms with van der Waals surface area (Å²) >= 11 is 6.73. The van der Waals surface area contributed by atoms with E-state index in [-0.39, 0.29) is 53.7 Å². The number of imidazole rings is 3. The summed E-state index contributed by atoms with van der Waals surface area (Å²) in [4.78, 5) is 64.3. The van der Waals surface area contributed by atoms with E-state index >= 15 is 0 Å². The van der Waals surface area contributed by atoms with Gasteiger partial charge >= 0.3 is 44.4 Å². The molecule has 2 aliphatic rings. The third kappa shape index (κ3) is 24.0. The van der Waals surface area contributed by atoms with E-state index in [0.29, 0.717) is 11.3 Å². The van der Waals surface area contributed by atoms with Gasteiger partial charge in [0.2, 0.25) is 0 Å². The Morgan fingerprint density at radius 3 is 1.18 bits per heavy atom. The van der Waals surface area contributed by atoms with Gasteiger partial charge in [-0.1, -0.05) is 101 Å². The number of hydrogen-bond acceptors (Lipinski definition) is 22. The molecule has 11 aromatic heterocycles. The molecular formula is C95H104B2I2N18NaO9S2. The summed E-state index contributed by atoms with van der Waals surface area (Å²) in [5.41, 5.74) is 20.3. The van der Waals surface area contributed by atoms with Gasteiger partial charge in [-0.2, -0.15) is 0 Å². The zero-order valence-electron chi connectivity index (χ0n) is 74.6. The fourth-order valence-electron chi connectivity index (χ4n) is 13.3. The molecule has 0 saturated carbocycles. The van der Waals surface area contributed by atoms with Crippen LogP contribution < -0.4 is 64.6 Å². The zero-order chi connectivity index (χ0) is 89.0. The number of aromatic amines is 4. The Kier molecular flexibility index (Phi) is 33.8. The maximum absolute atomic E-state index is 6.36. The van der Waals surface area contributed by atoms with Crippen molar-refractivity contribution in [2.24, 2.45) is 7.05 Å². The first-order valence-electron chi connectivity index (χ1n) is 40.5. The molecule has 13 heterocycles. The Balaban J connectivity index is 0.000000158. The number of pyridine rings is 4. The molecule has 2 fully saturated rings. The van der Waals surface area contributed by atoms with E-state index in [1.54, 1.807) is 29.9 Å². The molecule has 0 atom stereocenters. The molecule has 27 nitrogen and oxygen atoms in total. The van der Waals surface area contributed by atoms with Gasteiger partial charge in [0.1, 0.15) is 11.3 Å². The van der Waals surface area contributed by atoms with Gasteiger partial charge in [-0.3, -0.25) is 0 Å². The number of hydrogen-bond donors (Lipinski definition) is 4. The van der Waals surface area contributed by atoms with E-state index in [2.05, 4.69) is 242 Å². The Hall–Kier alpha value is -10.5.